The highest BCUT2D eigenvalue weighted by molar-refractivity contribution is 7.92. The van der Waals surface area contributed by atoms with Crippen molar-refractivity contribution in [2.45, 2.75) is 44.2 Å². The Kier molecular flexibility index (Phi) is 8.09. The number of aromatic amines is 1. The number of anilines is 1. The Labute approximate surface area is 240 Å². The average Bonchev–Trinajstić information content (AvgIpc) is 3.37. The minimum atomic E-state index is -3.79. The second kappa shape index (κ2) is 11.7. The van der Waals surface area contributed by atoms with Crippen molar-refractivity contribution in [3.63, 3.8) is 0 Å². The Morgan fingerprint density at radius 1 is 0.976 bits per heavy atom. The van der Waals surface area contributed by atoms with Crippen LogP contribution < -0.4 is 16.0 Å². The van der Waals surface area contributed by atoms with E-state index >= 15 is 0 Å². The highest BCUT2D eigenvalue weighted by Gasteiger charge is 2.19. The molecule has 3 aromatic carbocycles. The molecule has 5 aromatic rings. The molecule has 5 rings (SSSR count). The Bertz CT molecular complexity index is 1930. The average molecular weight is 596 g/mol. The molecule has 0 fully saturated rings. The predicted octanol–water partition coefficient (Wildman–Crippen LogP) is 4.92. The van der Waals surface area contributed by atoms with Crippen molar-refractivity contribution in [3.8, 4) is 0 Å². The molecule has 41 heavy (non-hydrogen) atoms. The molecular formula is C29H27ClFN5O4S. The molecule has 0 aliphatic heterocycles. The number of imidazole rings is 1. The number of halogens is 2. The number of nitrogens with one attached hydrogen (secondary N) is 2. The fourth-order valence-corrected chi connectivity index (χ4v) is 5.65. The number of rotatable bonds is 10. The normalized spacial score (nSPS) is 11.7. The van der Waals surface area contributed by atoms with Crippen molar-refractivity contribution in [1.82, 2.24) is 19.1 Å². The topological polar surface area (TPSA) is 119 Å². The van der Waals surface area contributed by atoms with E-state index in [2.05, 4.69) is 14.7 Å². The maximum Gasteiger partial charge on any atom is 0.333 e. The number of fused-ring (bicyclic) bond motifs is 1. The maximum absolute atomic E-state index is 14.3. The number of hydrogen-bond donors (Lipinski definition) is 2. The van der Waals surface area contributed by atoms with Crippen LogP contribution in [0.1, 0.15) is 36.7 Å². The van der Waals surface area contributed by atoms with Crippen molar-refractivity contribution in [2.75, 3.05) is 4.72 Å². The van der Waals surface area contributed by atoms with Gasteiger partial charge in [0, 0.05) is 29.2 Å². The summed E-state index contributed by atoms with van der Waals surface area (Å²) in [5, 5.41) is 0.435. The Morgan fingerprint density at radius 3 is 2.37 bits per heavy atom. The molecule has 0 bridgehead atoms. The SMILES string of the molecule is CCCCn1c(=O)n(Cc2ccccc2F)c(=O)c2[nH]c(Cc3ccc(NS(=O)(=O)c4ccc(Cl)cc4)cc3)nc21. The zero-order chi connectivity index (χ0) is 29.1. The first-order valence-corrected chi connectivity index (χ1v) is 14.9. The molecule has 0 aliphatic rings. The first-order valence-electron chi connectivity index (χ1n) is 13.0. The van der Waals surface area contributed by atoms with Crippen LogP contribution in [-0.2, 0) is 29.5 Å². The third-order valence-corrected chi connectivity index (χ3v) is 8.28. The van der Waals surface area contributed by atoms with Gasteiger partial charge < -0.3 is 4.98 Å². The number of aryl methyl sites for hydroxylation is 1. The van der Waals surface area contributed by atoms with Gasteiger partial charge in [-0.25, -0.2) is 22.6 Å². The Morgan fingerprint density at radius 2 is 1.68 bits per heavy atom. The lowest BCUT2D eigenvalue weighted by atomic mass is 10.1. The van der Waals surface area contributed by atoms with Gasteiger partial charge in [-0.3, -0.25) is 18.7 Å². The summed E-state index contributed by atoms with van der Waals surface area (Å²) in [6.45, 7) is 2.15. The van der Waals surface area contributed by atoms with Crippen LogP contribution in [0.25, 0.3) is 11.2 Å². The number of sulfonamides is 1. The lowest BCUT2D eigenvalue weighted by Gasteiger charge is -2.11. The summed E-state index contributed by atoms with van der Waals surface area (Å²) >= 11 is 5.85. The molecule has 9 nitrogen and oxygen atoms in total. The van der Waals surface area contributed by atoms with Gasteiger partial charge in [-0.05, 0) is 54.4 Å². The quantitative estimate of drug-likeness (QED) is 0.238. The van der Waals surface area contributed by atoms with Crippen molar-refractivity contribution >= 4 is 38.5 Å². The number of H-pyrrole nitrogens is 1. The van der Waals surface area contributed by atoms with Crippen LogP contribution in [-0.4, -0.2) is 27.5 Å². The van der Waals surface area contributed by atoms with Gasteiger partial charge in [0.05, 0.1) is 11.4 Å². The number of hydrogen-bond acceptors (Lipinski definition) is 5. The number of benzene rings is 3. The van der Waals surface area contributed by atoms with E-state index in [-0.39, 0.29) is 28.2 Å². The summed E-state index contributed by atoms with van der Waals surface area (Å²) in [5.74, 6) is -0.0388. The number of unbranched alkanes of at least 4 members (excludes halogenated alkanes) is 1. The molecule has 0 aliphatic carbocycles. The fourth-order valence-electron chi connectivity index (χ4n) is 4.46. The molecule has 212 valence electrons. The van der Waals surface area contributed by atoms with Crippen molar-refractivity contribution in [3.05, 3.63) is 121 Å². The van der Waals surface area contributed by atoms with Crippen LogP contribution in [0.3, 0.4) is 0 Å². The molecule has 0 saturated heterocycles. The highest BCUT2D eigenvalue weighted by atomic mass is 35.5. The minimum Gasteiger partial charge on any atom is -0.336 e. The van der Waals surface area contributed by atoms with Gasteiger partial charge in [0.2, 0.25) is 0 Å². The van der Waals surface area contributed by atoms with Crippen LogP contribution in [0.4, 0.5) is 10.1 Å². The molecule has 0 spiro atoms. The lowest BCUT2D eigenvalue weighted by Crippen LogP contribution is -2.40. The van der Waals surface area contributed by atoms with E-state index in [0.717, 1.165) is 16.6 Å². The molecular weight excluding hydrogens is 569 g/mol. The first-order chi connectivity index (χ1) is 19.7. The largest absolute Gasteiger partial charge is 0.336 e. The third-order valence-electron chi connectivity index (χ3n) is 6.63. The van der Waals surface area contributed by atoms with Crippen LogP contribution in [0.2, 0.25) is 5.02 Å². The molecule has 0 saturated carbocycles. The molecule has 0 radical (unpaired) electrons. The van der Waals surface area contributed by atoms with Gasteiger partial charge in [0.15, 0.2) is 5.65 Å². The third kappa shape index (κ3) is 6.10. The molecule has 0 amide bonds. The van der Waals surface area contributed by atoms with Crippen molar-refractivity contribution < 1.29 is 12.8 Å². The van der Waals surface area contributed by atoms with E-state index in [4.69, 9.17) is 11.6 Å². The molecule has 12 heteroatoms. The number of nitrogens with zero attached hydrogens (tertiary/aromatic N) is 3. The van der Waals surface area contributed by atoms with Gasteiger partial charge in [-0.1, -0.05) is 55.3 Å². The summed E-state index contributed by atoms with van der Waals surface area (Å²) in [5.41, 5.74) is 0.700. The summed E-state index contributed by atoms with van der Waals surface area (Å²) in [6.07, 6.45) is 1.82. The molecule has 0 unspecified atom stereocenters. The van der Waals surface area contributed by atoms with Crippen molar-refractivity contribution in [2.24, 2.45) is 0 Å². The lowest BCUT2D eigenvalue weighted by molar-refractivity contribution is 0.553. The molecule has 2 heterocycles. The monoisotopic (exact) mass is 595 g/mol. The molecule has 2 aromatic heterocycles. The summed E-state index contributed by atoms with van der Waals surface area (Å²) in [7, 11) is -3.79. The van der Waals surface area contributed by atoms with Crippen LogP contribution >= 0.6 is 11.6 Å². The van der Waals surface area contributed by atoms with Crippen LogP contribution in [0.15, 0.2) is 87.3 Å². The van der Waals surface area contributed by atoms with E-state index in [1.165, 1.54) is 34.9 Å². The van der Waals surface area contributed by atoms with E-state index in [1.54, 1.807) is 42.5 Å². The van der Waals surface area contributed by atoms with E-state index in [1.807, 2.05) is 6.92 Å². The number of aromatic nitrogens is 4. The fraction of sp³-hybridized carbons (Fsp3) is 0.207. The molecule has 2 N–H and O–H groups in total. The first kappa shape index (κ1) is 28.3. The second-order valence-corrected chi connectivity index (χ2v) is 11.7. The summed E-state index contributed by atoms with van der Waals surface area (Å²) in [4.78, 5) is 34.4. The highest BCUT2D eigenvalue weighted by Crippen LogP contribution is 2.20. The van der Waals surface area contributed by atoms with Gasteiger partial charge in [-0.2, -0.15) is 0 Å². The van der Waals surface area contributed by atoms with E-state index in [0.29, 0.717) is 35.9 Å². The summed E-state index contributed by atoms with van der Waals surface area (Å²) in [6, 6.07) is 18.6. The van der Waals surface area contributed by atoms with Gasteiger partial charge >= 0.3 is 5.69 Å². The predicted molar refractivity (Wildman–Crippen MR) is 157 cm³/mol. The van der Waals surface area contributed by atoms with Gasteiger partial charge in [0.25, 0.3) is 15.6 Å². The van der Waals surface area contributed by atoms with E-state index < -0.39 is 27.1 Å². The second-order valence-electron chi connectivity index (χ2n) is 9.59. The van der Waals surface area contributed by atoms with Crippen LogP contribution in [0.5, 0.6) is 0 Å². The smallest absolute Gasteiger partial charge is 0.333 e. The van der Waals surface area contributed by atoms with Gasteiger partial charge in [-0.15, -0.1) is 0 Å². The van der Waals surface area contributed by atoms with Crippen LogP contribution in [0, 0.1) is 5.82 Å². The van der Waals surface area contributed by atoms with Gasteiger partial charge in [0.1, 0.15) is 17.2 Å². The molecule has 0 atom stereocenters. The van der Waals surface area contributed by atoms with Crippen molar-refractivity contribution in [1.29, 1.82) is 0 Å². The minimum absolute atomic E-state index is 0.0861. The zero-order valence-corrected chi connectivity index (χ0v) is 23.7. The Balaban J connectivity index is 1.43. The maximum atomic E-state index is 14.3. The standard InChI is InChI=1S/C29H27ClFN5O4S/c1-2-3-16-35-27-26(28(37)36(29(35)38)18-20-6-4-5-7-24(20)31)32-25(33-27)17-19-8-12-22(13-9-19)34-41(39,40)23-14-10-21(30)11-15-23/h4-15,34H,2-3,16-18H2,1H3,(H,32,33). The zero-order valence-electron chi connectivity index (χ0n) is 22.1. The van der Waals surface area contributed by atoms with E-state index in [9.17, 15) is 22.4 Å². The Hall–Kier alpha value is -4.22. The summed E-state index contributed by atoms with van der Waals surface area (Å²) < 4.78 is 44.7.